The summed E-state index contributed by atoms with van der Waals surface area (Å²) >= 11 is 12.3. The van der Waals surface area contributed by atoms with E-state index >= 15 is 0 Å². The van der Waals surface area contributed by atoms with Crippen LogP contribution in [0.4, 0.5) is 5.69 Å². The molecule has 162 valence electrons. The second-order valence-corrected chi connectivity index (χ2v) is 7.76. The third-order valence-corrected chi connectivity index (χ3v) is 5.02. The van der Waals surface area contributed by atoms with Crippen LogP contribution in [-0.4, -0.2) is 19.6 Å². The van der Waals surface area contributed by atoms with E-state index in [-0.39, 0.29) is 23.3 Å². The number of hydrogen-bond donors (Lipinski definition) is 1. The Morgan fingerprint density at radius 1 is 1.12 bits per heavy atom. The number of allylic oxidation sites excluding steroid dienone is 1. The Hall–Kier alpha value is -3.46. The molecule has 0 spiro atoms. The fraction of sp³-hybridized carbons (Fsp3) is 0.120. The molecule has 0 aromatic heterocycles. The van der Waals surface area contributed by atoms with Gasteiger partial charge in [0.2, 0.25) is 0 Å². The fourth-order valence-corrected chi connectivity index (χ4v) is 3.40. The Balaban J connectivity index is 1.78. The molecule has 3 aromatic carbocycles. The summed E-state index contributed by atoms with van der Waals surface area (Å²) in [5.74, 6) is 0.267. The standard InChI is InChI=1S/C25H20Cl2N2O3/c1-16-4-3-5-21(10-16)29-24(30)15-32-25-22(27)12-17(13-23(25)31-2)11-19(14-28)18-6-8-20(26)9-7-18/h3-13H,15H2,1-2H3,(H,29,30)/b19-11+. The summed E-state index contributed by atoms with van der Waals surface area (Å²) in [5, 5.41) is 13.2. The average molecular weight is 467 g/mol. The molecule has 0 saturated carbocycles. The number of hydrogen-bond acceptors (Lipinski definition) is 4. The van der Waals surface area contributed by atoms with Crippen molar-refractivity contribution in [3.8, 4) is 17.6 Å². The molecule has 0 aliphatic carbocycles. The van der Waals surface area contributed by atoms with Crippen molar-refractivity contribution < 1.29 is 14.3 Å². The number of methoxy groups -OCH3 is 1. The smallest absolute Gasteiger partial charge is 0.262 e. The monoisotopic (exact) mass is 466 g/mol. The van der Waals surface area contributed by atoms with Crippen LogP contribution in [0.25, 0.3) is 11.6 Å². The van der Waals surface area contributed by atoms with Gasteiger partial charge in [0.15, 0.2) is 18.1 Å². The Labute approximate surface area is 196 Å². The molecule has 0 fully saturated rings. The molecule has 0 atom stereocenters. The van der Waals surface area contributed by atoms with Gasteiger partial charge in [-0.1, -0.05) is 47.5 Å². The van der Waals surface area contributed by atoms with Crippen LogP contribution in [-0.2, 0) is 4.79 Å². The molecule has 32 heavy (non-hydrogen) atoms. The van der Waals surface area contributed by atoms with Gasteiger partial charge in [-0.2, -0.15) is 5.26 Å². The highest BCUT2D eigenvalue weighted by molar-refractivity contribution is 6.32. The largest absolute Gasteiger partial charge is 0.493 e. The first-order valence-electron chi connectivity index (χ1n) is 9.64. The van der Waals surface area contributed by atoms with Gasteiger partial charge in [-0.25, -0.2) is 0 Å². The van der Waals surface area contributed by atoms with Crippen molar-refractivity contribution in [2.24, 2.45) is 0 Å². The molecule has 3 aromatic rings. The molecule has 0 heterocycles. The van der Waals surface area contributed by atoms with Crippen LogP contribution < -0.4 is 14.8 Å². The first-order valence-corrected chi connectivity index (χ1v) is 10.4. The normalized spacial score (nSPS) is 10.9. The number of carbonyl (C=O) groups is 1. The predicted octanol–water partition coefficient (Wildman–Crippen LogP) is 6.39. The molecule has 0 aliphatic rings. The van der Waals surface area contributed by atoms with E-state index < -0.39 is 0 Å². The van der Waals surface area contributed by atoms with Crippen LogP contribution in [0.2, 0.25) is 10.0 Å². The quantitative estimate of drug-likeness (QED) is 0.323. The number of aryl methyl sites for hydroxylation is 1. The van der Waals surface area contributed by atoms with Crippen LogP contribution in [0, 0.1) is 18.3 Å². The molecule has 0 radical (unpaired) electrons. The summed E-state index contributed by atoms with van der Waals surface area (Å²) in [5.41, 5.74) is 3.52. The van der Waals surface area contributed by atoms with Gasteiger partial charge in [-0.05, 0) is 66.1 Å². The van der Waals surface area contributed by atoms with Gasteiger partial charge in [0.25, 0.3) is 5.91 Å². The second-order valence-electron chi connectivity index (χ2n) is 6.92. The Morgan fingerprint density at radius 2 is 1.88 bits per heavy atom. The van der Waals surface area contributed by atoms with Crippen molar-refractivity contribution in [2.75, 3.05) is 19.0 Å². The zero-order chi connectivity index (χ0) is 23.1. The molecule has 0 saturated heterocycles. The van der Waals surface area contributed by atoms with E-state index in [1.807, 2.05) is 25.1 Å². The zero-order valence-electron chi connectivity index (χ0n) is 17.5. The minimum atomic E-state index is -0.327. The van der Waals surface area contributed by atoms with E-state index in [1.54, 1.807) is 48.5 Å². The van der Waals surface area contributed by atoms with Crippen LogP contribution in [0.15, 0.2) is 60.7 Å². The number of carbonyl (C=O) groups excluding carboxylic acids is 1. The Bertz CT molecular complexity index is 1200. The van der Waals surface area contributed by atoms with Gasteiger partial charge in [-0.15, -0.1) is 0 Å². The van der Waals surface area contributed by atoms with E-state index in [1.165, 1.54) is 7.11 Å². The maximum atomic E-state index is 12.3. The van der Waals surface area contributed by atoms with Gasteiger partial charge >= 0.3 is 0 Å². The van der Waals surface area contributed by atoms with E-state index in [4.69, 9.17) is 32.7 Å². The maximum Gasteiger partial charge on any atom is 0.262 e. The molecule has 0 unspecified atom stereocenters. The van der Waals surface area contributed by atoms with Crippen molar-refractivity contribution in [3.63, 3.8) is 0 Å². The summed E-state index contributed by atoms with van der Waals surface area (Å²) in [6.07, 6.45) is 1.69. The lowest BCUT2D eigenvalue weighted by Crippen LogP contribution is -2.20. The summed E-state index contributed by atoms with van der Waals surface area (Å²) < 4.78 is 11.0. The Kier molecular flexibility index (Phi) is 7.77. The number of nitrogens with zero attached hydrogens (tertiary/aromatic N) is 1. The minimum absolute atomic E-state index is 0.243. The molecule has 7 heteroatoms. The predicted molar refractivity (Wildman–Crippen MR) is 128 cm³/mol. The Morgan fingerprint density at radius 3 is 2.53 bits per heavy atom. The molecule has 1 amide bonds. The highest BCUT2D eigenvalue weighted by atomic mass is 35.5. The van der Waals surface area contributed by atoms with E-state index in [0.717, 1.165) is 11.1 Å². The third-order valence-electron chi connectivity index (χ3n) is 4.49. The molecule has 5 nitrogen and oxygen atoms in total. The minimum Gasteiger partial charge on any atom is -0.493 e. The molecule has 1 N–H and O–H groups in total. The molecular formula is C25H20Cl2N2O3. The highest BCUT2D eigenvalue weighted by Gasteiger charge is 2.14. The topological polar surface area (TPSA) is 71.3 Å². The van der Waals surface area contributed by atoms with Gasteiger partial charge in [-0.3, -0.25) is 4.79 Å². The van der Waals surface area contributed by atoms with Crippen LogP contribution >= 0.6 is 23.2 Å². The summed E-state index contributed by atoms with van der Waals surface area (Å²) in [6.45, 7) is 1.70. The molecule has 0 bridgehead atoms. The number of halogens is 2. The lowest BCUT2D eigenvalue weighted by molar-refractivity contribution is -0.118. The second kappa shape index (κ2) is 10.7. The van der Waals surface area contributed by atoms with Crippen molar-refractivity contribution in [1.29, 1.82) is 5.26 Å². The molecule has 0 aliphatic heterocycles. The first kappa shape index (κ1) is 23.2. The number of nitrogens with one attached hydrogen (secondary N) is 1. The zero-order valence-corrected chi connectivity index (χ0v) is 19.0. The number of anilines is 1. The van der Waals surface area contributed by atoms with Crippen molar-refractivity contribution in [1.82, 2.24) is 0 Å². The van der Waals surface area contributed by atoms with Crippen molar-refractivity contribution in [3.05, 3.63) is 87.4 Å². The number of rotatable bonds is 7. The van der Waals surface area contributed by atoms with Crippen LogP contribution in [0.1, 0.15) is 16.7 Å². The molecule has 3 rings (SSSR count). The number of benzene rings is 3. The van der Waals surface area contributed by atoms with Crippen LogP contribution in [0.5, 0.6) is 11.5 Å². The summed E-state index contributed by atoms with van der Waals surface area (Å²) in [4.78, 5) is 12.3. The average Bonchev–Trinajstić information content (AvgIpc) is 2.77. The van der Waals surface area contributed by atoms with Crippen molar-refractivity contribution in [2.45, 2.75) is 6.92 Å². The van der Waals surface area contributed by atoms with Gasteiger partial charge in [0, 0.05) is 10.7 Å². The first-order chi connectivity index (χ1) is 15.4. The lowest BCUT2D eigenvalue weighted by Gasteiger charge is -2.14. The summed E-state index contributed by atoms with van der Waals surface area (Å²) in [6, 6.07) is 19.9. The lowest BCUT2D eigenvalue weighted by atomic mass is 10.0. The SMILES string of the molecule is COc1cc(/C=C(\C#N)c2ccc(Cl)cc2)cc(Cl)c1OCC(=O)Nc1cccc(C)c1. The maximum absolute atomic E-state index is 12.3. The van der Waals surface area contributed by atoms with E-state index in [2.05, 4.69) is 11.4 Å². The number of nitriles is 1. The third kappa shape index (κ3) is 6.04. The van der Waals surface area contributed by atoms with Crippen molar-refractivity contribution >= 4 is 46.4 Å². The van der Waals surface area contributed by atoms with E-state index in [9.17, 15) is 10.1 Å². The highest BCUT2D eigenvalue weighted by Crippen LogP contribution is 2.37. The number of amides is 1. The number of ether oxygens (including phenoxy) is 2. The summed E-state index contributed by atoms with van der Waals surface area (Å²) in [7, 11) is 1.48. The van der Waals surface area contributed by atoms with Crippen LogP contribution in [0.3, 0.4) is 0 Å². The fourth-order valence-electron chi connectivity index (χ4n) is 3.00. The molecular weight excluding hydrogens is 447 g/mol. The van der Waals surface area contributed by atoms with E-state index in [0.29, 0.717) is 27.6 Å². The van der Waals surface area contributed by atoms with Gasteiger partial charge in [0.05, 0.1) is 23.8 Å². The van der Waals surface area contributed by atoms with Gasteiger partial charge in [0.1, 0.15) is 0 Å². The van der Waals surface area contributed by atoms with Gasteiger partial charge < -0.3 is 14.8 Å².